The molecule has 0 aliphatic rings. The standard InChI is InChI=1S/C23H20N6O3S/c1-2-3-4-11-28-19-10-9-17(29(31)32)12-18(19)21-22(28)25-23(27-26-21)33-14-20(30)16-7-5-15(13-24)6-8-16/h5-10,12H,2-4,11,14H2,1H3. The number of nitro groups is 1. The highest BCUT2D eigenvalue weighted by atomic mass is 32.2. The molecule has 0 N–H and O–H groups in total. The molecular formula is C23H20N6O3S. The zero-order valence-electron chi connectivity index (χ0n) is 17.9. The molecule has 0 radical (unpaired) electrons. The van der Waals surface area contributed by atoms with Gasteiger partial charge in [-0.1, -0.05) is 43.7 Å². The van der Waals surface area contributed by atoms with Crippen molar-refractivity contribution in [3.63, 3.8) is 0 Å². The molecule has 0 bridgehead atoms. The van der Waals surface area contributed by atoms with Gasteiger partial charge in [-0.2, -0.15) is 5.26 Å². The molecule has 33 heavy (non-hydrogen) atoms. The van der Waals surface area contributed by atoms with E-state index < -0.39 is 4.92 Å². The summed E-state index contributed by atoms with van der Waals surface area (Å²) in [6.45, 7) is 2.83. The van der Waals surface area contributed by atoms with Crippen LogP contribution in [0.15, 0.2) is 47.6 Å². The SMILES string of the molecule is CCCCCn1c2ccc([N+](=O)[O-])cc2c2nnc(SCC(=O)c3ccc(C#N)cc3)nc21. The molecule has 10 heteroatoms. The molecule has 4 aromatic rings. The molecule has 0 saturated heterocycles. The molecule has 2 heterocycles. The zero-order chi connectivity index (χ0) is 23.4. The van der Waals surface area contributed by atoms with E-state index in [1.807, 2.05) is 10.6 Å². The van der Waals surface area contributed by atoms with Crippen LogP contribution in [0.5, 0.6) is 0 Å². The average Bonchev–Trinajstić information content (AvgIpc) is 3.15. The highest BCUT2D eigenvalue weighted by Crippen LogP contribution is 2.30. The Balaban J connectivity index is 1.65. The van der Waals surface area contributed by atoms with Gasteiger partial charge in [0, 0.05) is 29.6 Å². The summed E-state index contributed by atoms with van der Waals surface area (Å²) in [5.41, 5.74) is 2.93. The summed E-state index contributed by atoms with van der Waals surface area (Å²) in [7, 11) is 0. The molecule has 0 aliphatic carbocycles. The smallest absolute Gasteiger partial charge is 0.270 e. The van der Waals surface area contributed by atoms with Gasteiger partial charge in [0.25, 0.3) is 5.69 Å². The predicted molar refractivity (Wildman–Crippen MR) is 125 cm³/mol. The lowest BCUT2D eigenvalue weighted by molar-refractivity contribution is -0.384. The summed E-state index contributed by atoms with van der Waals surface area (Å²) in [6, 6.07) is 13.2. The topological polar surface area (TPSA) is 128 Å². The quantitative estimate of drug-likeness (QED) is 0.113. The zero-order valence-corrected chi connectivity index (χ0v) is 18.7. The Morgan fingerprint density at radius 2 is 1.97 bits per heavy atom. The maximum absolute atomic E-state index is 12.5. The van der Waals surface area contributed by atoms with Gasteiger partial charge in [0.2, 0.25) is 5.16 Å². The highest BCUT2D eigenvalue weighted by Gasteiger charge is 2.18. The summed E-state index contributed by atoms with van der Waals surface area (Å²) in [5.74, 6) is 0.0213. The fraction of sp³-hybridized carbons (Fsp3) is 0.261. The summed E-state index contributed by atoms with van der Waals surface area (Å²) >= 11 is 1.18. The molecule has 0 fully saturated rings. The number of ketones is 1. The van der Waals surface area contributed by atoms with Crippen molar-refractivity contribution in [1.29, 1.82) is 5.26 Å². The second-order valence-corrected chi connectivity index (χ2v) is 8.43. The molecule has 2 aromatic carbocycles. The van der Waals surface area contributed by atoms with Gasteiger partial charge in [0.1, 0.15) is 5.52 Å². The summed E-state index contributed by atoms with van der Waals surface area (Å²) in [5, 5.41) is 29.6. The summed E-state index contributed by atoms with van der Waals surface area (Å²) in [6.07, 6.45) is 3.05. The maximum atomic E-state index is 12.5. The molecule has 4 rings (SSSR count). The summed E-state index contributed by atoms with van der Waals surface area (Å²) < 4.78 is 2.02. The van der Waals surface area contributed by atoms with Crippen LogP contribution in [0.3, 0.4) is 0 Å². The lowest BCUT2D eigenvalue weighted by Crippen LogP contribution is -2.05. The number of Topliss-reactive ketones (excluding diaryl/α,β-unsaturated/α-hetero) is 1. The molecule has 0 saturated carbocycles. The first-order valence-electron chi connectivity index (χ1n) is 10.5. The lowest BCUT2D eigenvalue weighted by Gasteiger charge is -2.06. The molecule has 0 aliphatic heterocycles. The van der Waals surface area contributed by atoms with E-state index in [4.69, 9.17) is 5.26 Å². The normalized spacial score (nSPS) is 11.0. The Morgan fingerprint density at radius 3 is 2.67 bits per heavy atom. The van der Waals surface area contributed by atoms with E-state index in [1.165, 1.54) is 23.9 Å². The van der Waals surface area contributed by atoms with Crippen LogP contribution in [0, 0.1) is 21.4 Å². The van der Waals surface area contributed by atoms with Gasteiger partial charge in [-0.3, -0.25) is 14.9 Å². The predicted octanol–water partition coefficient (Wildman–Crippen LogP) is 4.92. The van der Waals surface area contributed by atoms with Crippen molar-refractivity contribution < 1.29 is 9.72 Å². The second-order valence-electron chi connectivity index (χ2n) is 7.48. The van der Waals surface area contributed by atoms with Crippen LogP contribution in [0.2, 0.25) is 0 Å². The molecule has 166 valence electrons. The van der Waals surface area contributed by atoms with E-state index in [2.05, 4.69) is 22.1 Å². The number of carbonyl (C=O) groups excluding carboxylic acids is 1. The van der Waals surface area contributed by atoms with Crippen LogP contribution in [0.1, 0.15) is 42.1 Å². The number of nitriles is 1. The molecular weight excluding hydrogens is 440 g/mol. The van der Waals surface area contributed by atoms with E-state index in [0.717, 1.165) is 24.8 Å². The van der Waals surface area contributed by atoms with Gasteiger partial charge < -0.3 is 4.57 Å². The largest absolute Gasteiger partial charge is 0.324 e. The van der Waals surface area contributed by atoms with E-state index in [0.29, 0.717) is 39.4 Å². The van der Waals surface area contributed by atoms with Gasteiger partial charge in [0.15, 0.2) is 11.4 Å². The van der Waals surface area contributed by atoms with Gasteiger partial charge in [-0.15, -0.1) is 10.2 Å². The Bertz CT molecular complexity index is 1390. The number of rotatable bonds is 9. The molecule has 2 aromatic heterocycles. The number of hydrogen-bond acceptors (Lipinski definition) is 8. The van der Waals surface area contributed by atoms with Gasteiger partial charge >= 0.3 is 0 Å². The van der Waals surface area contributed by atoms with Crippen molar-refractivity contribution in [3.05, 3.63) is 63.7 Å². The number of nitro benzene ring substituents is 1. The number of fused-ring (bicyclic) bond motifs is 3. The third-order valence-electron chi connectivity index (χ3n) is 5.30. The lowest BCUT2D eigenvalue weighted by atomic mass is 10.1. The van der Waals surface area contributed by atoms with Crippen molar-refractivity contribution in [2.75, 3.05) is 5.75 Å². The number of aryl methyl sites for hydroxylation is 1. The Labute approximate surface area is 193 Å². The van der Waals surface area contributed by atoms with Crippen LogP contribution >= 0.6 is 11.8 Å². The number of unbranched alkanes of at least 4 members (excludes halogenated alkanes) is 2. The van der Waals surface area contributed by atoms with Gasteiger partial charge in [-0.25, -0.2) is 4.98 Å². The van der Waals surface area contributed by atoms with Crippen molar-refractivity contribution in [2.24, 2.45) is 0 Å². The molecule has 0 atom stereocenters. The van der Waals surface area contributed by atoms with Crippen molar-refractivity contribution >= 4 is 45.3 Å². The van der Waals surface area contributed by atoms with E-state index in [-0.39, 0.29) is 17.2 Å². The van der Waals surface area contributed by atoms with Crippen LogP contribution in [-0.2, 0) is 6.54 Å². The molecule has 9 nitrogen and oxygen atoms in total. The van der Waals surface area contributed by atoms with Crippen molar-refractivity contribution in [3.8, 4) is 6.07 Å². The fourth-order valence-corrected chi connectivity index (χ4v) is 4.27. The minimum Gasteiger partial charge on any atom is -0.324 e. The van der Waals surface area contributed by atoms with Crippen LogP contribution < -0.4 is 0 Å². The minimum absolute atomic E-state index is 0.0108. The van der Waals surface area contributed by atoms with Crippen molar-refractivity contribution in [1.82, 2.24) is 19.7 Å². The molecule has 0 unspecified atom stereocenters. The first-order valence-corrected chi connectivity index (χ1v) is 11.5. The average molecular weight is 461 g/mol. The highest BCUT2D eigenvalue weighted by molar-refractivity contribution is 7.99. The number of thioether (sulfide) groups is 1. The number of hydrogen-bond donors (Lipinski definition) is 0. The second kappa shape index (κ2) is 9.75. The third kappa shape index (κ3) is 4.68. The number of benzene rings is 2. The van der Waals surface area contributed by atoms with Gasteiger partial charge in [0.05, 0.1) is 27.8 Å². The Hall–Kier alpha value is -3.84. The number of non-ortho nitro benzene ring substituents is 1. The first-order chi connectivity index (χ1) is 16.0. The van der Waals surface area contributed by atoms with Crippen LogP contribution in [-0.4, -0.2) is 36.2 Å². The molecule has 0 spiro atoms. The van der Waals surface area contributed by atoms with E-state index in [1.54, 1.807) is 30.3 Å². The molecule has 0 amide bonds. The third-order valence-corrected chi connectivity index (χ3v) is 6.13. The van der Waals surface area contributed by atoms with Gasteiger partial charge in [-0.05, 0) is 24.6 Å². The fourth-order valence-electron chi connectivity index (χ4n) is 3.59. The van der Waals surface area contributed by atoms with E-state index in [9.17, 15) is 14.9 Å². The Morgan fingerprint density at radius 1 is 1.18 bits per heavy atom. The van der Waals surface area contributed by atoms with Crippen LogP contribution in [0.4, 0.5) is 5.69 Å². The monoisotopic (exact) mass is 460 g/mol. The van der Waals surface area contributed by atoms with Crippen molar-refractivity contribution in [2.45, 2.75) is 37.9 Å². The number of carbonyl (C=O) groups is 1. The maximum Gasteiger partial charge on any atom is 0.270 e. The Kier molecular flexibility index (Phi) is 6.60. The minimum atomic E-state index is -0.431. The first kappa shape index (κ1) is 22.4. The summed E-state index contributed by atoms with van der Waals surface area (Å²) in [4.78, 5) is 28.0. The number of aromatic nitrogens is 4. The van der Waals surface area contributed by atoms with Crippen LogP contribution in [0.25, 0.3) is 22.1 Å². The van der Waals surface area contributed by atoms with E-state index >= 15 is 0 Å². The number of nitrogens with zero attached hydrogens (tertiary/aromatic N) is 6.